The second-order valence-electron chi connectivity index (χ2n) is 5.17. The molecule has 2 rings (SSSR count). The van der Waals surface area contributed by atoms with Crippen molar-refractivity contribution < 1.29 is 14.3 Å². The molecule has 0 unspecified atom stereocenters. The highest BCUT2D eigenvalue weighted by molar-refractivity contribution is 6.01. The van der Waals surface area contributed by atoms with Gasteiger partial charge in [0.25, 0.3) is 5.91 Å². The maximum absolute atomic E-state index is 11.9. The Morgan fingerprint density at radius 3 is 2.33 bits per heavy atom. The van der Waals surface area contributed by atoms with E-state index < -0.39 is 0 Å². The number of hydrazone groups is 1. The summed E-state index contributed by atoms with van der Waals surface area (Å²) >= 11 is 0. The van der Waals surface area contributed by atoms with Gasteiger partial charge in [-0.15, -0.1) is 0 Å². The predicted octanol–water partition coefficient (Wildman–Crippen LogP) is 3.39. The summed E-state index contributed by atoms with van der Waals surface area (Å²) in [5.41, 5.74) is 4.43. The number of nitrogens with zero attached hydrogens (tertiary/aromatic N) is 1. The van der Waals surface area contributed by atoms with Crippen LogP contribution in [-0.2, 0) is 4.79 Å². The average Bonchev–Trinajstić information content (AvgIpc) is 2.64. The van der Waals surface area contributed by atoms with Crippen LogP contribution in [-0.4, -0.2) is 25.3 Å². The molecule has 5 nitrogen and oxygen atoms in total. The molecule has 5 heteroatoms. The molecule has 0 aliphatic carbocycles. The van der Waals surface area contributed by atoms with Gasteiger partial charge in [-0.05, 0) is 36.2 Å². The van der Waals surface area contributed by atoms with E-state index in [0.29, 0.717) is 5.75 Å². The Hall–Kier alpha value is -2.82. The van der Waals surface area contributed by atoms with Crippen LogP contribution in [0.4, 0.5) is 0 Å². The van der Waals surface area contributed by atoms with Crippen LogP contribution < -0.4 is 14.9 Å². The van der Waals surface area contributed by atoms with Crippen LogP contribution >= 0.6 is 0 Å². The Morgan fingerprint density at radius 1 is 1.04 bits per heavy atom. The fourth-order valence-corrected chi connectivity index (χ4v) is 2.12. The first-order chi connectivity index (χ1) is 11.7. The molecule has 0 aliphatic rings. The monoisotopic (exact) mass is 326 g/mol. The molecule has 0 aromatic heterocycles. The molecule has 1 amide bonds. The molecule has 2 aromatic rings. The zero-order chi connectivity index (χ0) is 17.2. The number of nitrogens with one attached hydrogen (secondary N) is 1. The summed E-state index contributed by atoms with van der Waals surface area (Å²) in [5, 5.41) is 4.24. The summed E-state index contributed by atoms with van der Waals surface area (Å²) in [7, 11) is 1.60. The molecule has 0 fully saturated rings. The number of hydrogen-bond donors (Lipinski definition) is 1. The third kappa shape index (κ3) is 5.43. The number of carbonyl (C=O) groups is 1. The van der Waals surface area contributed by atoms with E-state index in [-0.39, 0.29) is 12.5 Å². The van der Waals surface area contributed by atoms with E-state index in [1.165, 1.54) is 0 Å². The Kier molecular flexibility index (Phi) is 6.83. The van der Waals surface area contributed by atoms with Crippen LogP contribution in [0.3, 0.4) is 0 Å². The number of amides is 1. The van der Waals surface area contributed by atoms with Gasteiger partial charge in [0, 0.05) is 0 Å². The van der Waals surface area contributed by atoms with Crippen molar-refractivity contribution >= 4 is 11.6 Å². The number of carbonyl (C=O) groups excluding carboxylic acids is 1. The molecular formula is C19H22N2O3. The number of hydrogen-bond acceptors (Lipinski definition) is 4. The standard InChI is InChI=1S/C19H22N2O3/c1-3-7-18(15-8-5-4-6-9-15)20-21-19(22)14-24-17-12-10-16(23-2)11-13-17/h4-6,8-13H,3,7,14H2,1-2H3,(H,21,22)/b20-18+. The van der Waals surface area contributed by atoms with Crippen LogP contribution in [0.1, 0.15) is 25.3 Å². The van der Waals surface area contributed by atoms with E-state index in [4.69, 9.17) is 9.47 Å². The van der Waals surface area contributed by atoms with Crippen molar-refractivity contribution in [1.82, 2.24) is 5.43 Å². The van der Waals surface area contributed by atoms with Crippen molar-refractivity contribution in [2.24, 2.45) is 5.10 Å². The fraction of sp³-hybridized carbons (Fsp3) is 0.263. The summed E-state index contributed by atoms with van der Waals surface area (Å²) in [5.74, 6) is 1.05. The lowest BCUT2D eigenvalue weighted by molar-refractivity contribution is -0.123. The molecular weight excluding hydrogens is 304 g/mol. The van der Waals surface area contributed by atoms with Crippen molar-refractivity contribution in [1.29, 1.82) is 0 Å². The predicted molar refractivity (Wildman–Crippen MR) is 94.5 cm³/mol. The molecule has 1 N–H and O–H groups in total. The Morgan fingerprint density at radius 2 is 1.71 bits per heavy atom. The number of rotatable bonds is 8. The molecule has 126 valence electrons. The molecule has 0 bridgehead atoms. The highest BCUT2D eigenvalue weighted by Gasteiger charge is 2.05. The third-order valence-corrected chi connectivity index (χ3v) is 3.34. The molecule has 0 saturated heterocycles. The van der Waals surface area contributed by atoms with Gasteiger partial charge in [0.2, 0.25) is 0 Å². The van der Waals surface area contributed by atoms with Gasteiger partial charge in [-0.25, -0.2) is 5.43 Å². The lowest BCUT2D eigenvalue weighted by Gasteiger charge is -2.08. The second-order valence-corrected chi connectivity index (χ2v) is 5.17. The van der Waals surface area contributed by atoms with Crippen LogP contribution in [0, 0.1) is 0 Å². The Bertz CT molecular complexity index is 667. The summed E-state index contributed by atoms with van der Waals surface area (Å²) in [6.07, 6.45) is 1.75. The topological polar surface area (TPSA) is 59.9 Å². The zero-order valence-corrected chi connectivity index (χ0v) is 14.0. The van der Waals surface area contributed by atoms with Crippen LogP contribution in [0.15, 0.2) is 59.7 Å². The van der Waals surface area contributed by atoms with Gasteiger partial charge in [0.05, 0.1) is 12.8 Å². The molecule has 24 heavy (non-hydrogen) atoms. The molecule has 0 saturated carbocycles. The van der Waals surface area contributed by atoms with Crippen molar-refractivity contribution in [3.05, 3.63) is 60.2 Å². The first-order valence-electron chi connectivity index (χ1n) is 7.90. The fourth-order valence-electron chi connectivity index (χ4n) is 2.12. The number of benzene rings is 2. The van der Waals surface area contributed by atoms with Crippen LogP contribution in [0.25, 0.3) is 0 Å². The third-order valence-electron chi connectivity index (χ3n) is 3.34. The Balaban J connectivity index is 1.89. The van der Waals surface area contributed by atoms with E-state index in [1.807, 2.05) is 30.3 Å². The minimum atomic E-state index is -0.296. The van der Waals surface area contributed by atoms with E-state index in [0.717, 1.165) is 29.9 Å². The lowest BCUT2D eigenvalue weighted by Crippen LogP contribution is -2.26. The smallest absolute Gasteiger partial charge is 0.277 e. The lowest BCUT2D eigenvalue weighted by atomic mass is 10.1. The SMILES string of the molecule is CCC/C(=N\NC(=O)COc1ccc(OC)cc1)c1ccccc1. The Labute approximate surface area is 142 Å². The molecule has 0 radical (unpaired) electrons. The van der Waals surface area contributed by atoms with Gasteiger partial charge in [-0.2, -0.15) is 5.10 Å². The quantitative estimate of drug-likeness (QED) is 0.597. The minimum absolute atomic E-state index is 0.0932. The van der Waals surface area contributed by atoms with Crippen molar-refractivity contribution in [3.8, 4) is 11.5 Å². The van der Waals surface area contributed by atoms with E-state index >= 15 is 0 Å². The van der Waals surface area contributed by atoms with Crippen molar-refractivity contribution in [2.45, 2.75) is 19.8 Å². The molecule has 0 aliphatic heterocycles. The first-order valence-corrected chi connectivity index (χ1v) is 7.90. The van der Waals surface area contributed by atoms with E-state index in [1.54, 1.807) is 31.4 Å². The van der Waals surface area contributed by atoms with Crippen LogP contribution in [0.5, 0.6) is 11.5 Å². The van der Waals surface area contributed by atoms with Gasteiger partial charge < -0.3 is 9.47 Å². The van der Waals surface area contributed by atoms with Gasteiger partial charge in [0.15, 0.2) is 6.61 Å². The molecule has 0 spiro atoms. The summed E-state index contributed by atoms with van der Waals surface area (Å²) in [6.45, 7) is 1.98. The maximum atomic E-state index is 11.9. The van der Waals surface area contributed by atoms with Gasteiger partial charge in [-0.3, -0.25) is 4.79 Å². The van der Waals surface area contributed by atoms with Gasteiger partial charge >= 0.3 is 0 Å². The van der Waals surface area contributed by atoms with Crippen molar-refractivity contribution in [3.63, 3.8) is 0 Å². The minimum Gasteiger partial charge on any atom is -0.497 e. The maximum Gasteiger partial charge on any atom is 0.277 e. The number of ether oxygens (including phenoxy) is 2. The van der Waals surface area contributed by atoms with Crippen LogP contribution in [0.2, 0.25) is 0 Å². The zero-order valence-electron chi connectivity index (χ0n) is 14.0. The largest absolute Gasteiger partial charge is 0.497 e. The van der Waals surface area contributed by atoms with E-state index in [2.05, 4.69) is 17.5 Å². The van der Waals surface area contributed by atoms with Gasteiger partial charge in [-0.1, -0.05) is 43.7 Å². The molecule has 2 aromatic carbocycles. The summed E-state index contributed by atoms with van der Waals surface area (Å²) < 4.78 is 10.5. The second kappa shape index (κ2) is 9.35. The van der Waals surface area contributed by atoms with E-state index in [9.17, 15) is 4.79 Å². The summed E-state index contributed by atoms with van der Waals surface area (Å²) in [6, 6.07) is 16.9. The molecule has 0 atom stereocenters. The average molecular weight is 326 g/mol. The number of methoxy groups -OCH3 is 1. The molecule has 0 heterocycles. The summed E-state index contributed by atoms with van der Waals surface area (Å²) in [4.78, 5) is 11.9. The normalized spacial score (nSPS) is 11.0. The van der Waals surface area contributed by atoms with Gasteiger partial charge in [0.1, 0.15) is 11.5 Å². The van der Waals surface area contributed by atoms with Crippen molar-refractivity contribution in [2.75, 3.05) is 13.7 Å². The first kappa shape index (κ1) is 17.5. The highest BCUT2D eigenvalue weighted by atomic mass is 16.5. The highest BCUT2D eigenvalue weighted by Crippen LogP contribution is 2.16.